The Hall–Kier alpha value is -3.32. The van der Waals surface area contributed by atoms with Crippen molar-refractivity contribution in [2.75, 3.05) is 27.8 Å². The quantitative estimate of drug-likeness (QED) is 0.622. The molecule has 7 heteroatoms. The average Bonchev–Trinajstić information content (AvgIpc) is 2.79. The first-order chi connectivity index (χ1) is 14.7. The number of pyridine rings is 1. The summed E-state index contributed by atoms with van der Waals surface area (Å²) in [4.78, 5) is 31.6. The number of anilines is 3. The monoisotopic (exact) mass is 418 g/mol. The van der Waals surface area contributed by atoms with Crippen molar-refractivity contribution in [3.05, 3.63) is 78.0 Å². The average molecular weight is 419 g/mol. The fourth-order valence-corrected chi connectivity index (χ4v) is 4.27. The summed E-state index contributed by atoms with van der Waals surface area (Å²) < 4.78 is 0. The van der Waals surface area contributed by atoms with E-state index in [4.69, 9.17) is 0 Å². The molecule has 1 aliphatic heterocycles. The number of carbonyl (C=O) groups is 2. The molecule has 3 aromatic rings. The van der Waals surface area contributed by atoms with Crippen molar-refractivity contribution in [2.45, 2.75) is 18.4 Å². The first kappa shape index (κ1) is 20.0. The molecule has 3 amide bonds. The van der Waals surface area contributed by atoms with Gasteiger partial charge in [0.05, 0.1) is 5.69 Å². The van der Waals surface area contributed by atoms with Crippen LogP contribution in [0.15, 0.2) is 71.9 Å². The van der Waals surface area contributed by atoms with E-state index in [1.807, 2.05) is 43.3 Å². The summed E-state index contributed by atoms with van der Waals surface area (Å²) >= 11 is 1.64. The molecule has 0 unspecified atom stereocenters. The van der Waals surface area contributed by atoms with Gasteiger partial charge >= 0.3 is 6.03 Å². The molecule has 0 fully saturated rings. The van der Waals surface area contributed by atoms with Gasteiger partial charge in [-0.2, -0.15) is 0 Å². The predicted molar refractivity (Wildman–Crippen MR) is 122 cm³/mol. The van der Waals surface area contributed by atoms with Gasteiger partial charge in [-0.05, 0) is 48.4 Å². The van der Waals surface area contributed by atoms with Crippen LogP contribution in [0.3, 0.4) is 0 Å². The minimum absolute atomic E-state index is 0.212. The zero-order valence-electron chi connectivity index (χ0n) is 16.6. The van der Waals surface area contributed by atoms with E-state index in [1.165, 1.54) is 0 Å². The number of urea groups is 1. The number of nitrogens with zero attached hydrogens (tertiary/aromatic N) is 2. The van der Waals surface area contributed by atoms with Crippen molar-refractivity contribution in [2.24, 2.45) is 0 Å². The van der Waals surface area contributed by atoms with Gasteiger partial charge in [0.25, 0.3) is 5.91 Å². The third-order valence-corrected chi connectivity index (χ3v) is 5.84. The maximum Gasteiger partial charge on any atom is 0.326 e. The number of benzene rings is 2. The van der Waals surface area contributed by atoms with Crippen LogP contribution >= 0.6 is 11.8 Å². The van der Waals surface area contributed by atoms with E-state index in [1.54, 1.807) is 47.1 Å². The summed E-state index contributed by atoms with van der Waals surface area (Å²) in [5.41, 5.74) is 3.73. The zero-order chi connectivity index (χ0) is 20.9. The van der Waals surface area contributed by atoms with Crippen molar-refractivity contribution in [3.63, 3.8) is 0 Å². The van der Waals surface area contributed by atoms with E-state index in [0.29, 0.717) is 17.8 Å². The van der Waals surface area contributed by atoms with Crippen LogP contribution < -0.4 is 15.5 Å². The summed E-state index contributed by atoms with van der Waals surface area (Å²) in [5.74, 6) is 0.576. The van der Waals surface area contributed by atoms with E-state index >= 15 is 0 Å². The van der Waals surface area contributed by atoms with Crippen LogP contribution in [0.1, 0.15) is 22.8 Å². The fourth-order valence-electron chi connectivity index (χ4n) is 3.34. The highest BCUT2D eigenvalue weighted by Gasteiger charge is 2.23. The SMILES string of the molecule is CCc1ccccc1NC(=O)c1cccc(NC(=O)N2CCSc3ncccc32)c1. The van der Waals surface area contributed by atoms with E-state index in [2.05, 4.69) is 15.6 Å². The van der Waals surface area contributed by atoms with Crippen LogP contribution in [-0.2, 0) is 6.42 Å². The number of aromatic nitrogens is 1. The summed E-state index contributed by atoms with van der Waals surface area (Å²) in [6, 6.07) is 18.2. The predicted octanol–water partition coefficient (Wildman–Crippen LogP) is 5.04. The Bertz CT molecular complexity index is 1090. The maximum atomic E-state index is 12.9. The molecule has 1 aliphatic rings. The lowest BCUT2D eigenvalue weighted by Crippen LogP contribution is -2.38. The molecule has 152 valence electrons. The first-order valence-corrected chi connectivity index (χ1v) is 10.8. The van der Waals surface area contributed by atoms with Crippen molar-refractivity contribution >= 4 is 40.8 Å². The van der Waals surface area contributed by atoms with Crippen LogP contribution in [-0.4, -0.2) is 29.2 Å². The largest absolute Gasteiger partial charge is 0.326 e. The van der Waals surface area contributed by atoms with Crippen molar-refractivity contribution < 1.29 is 9.59 Å². The molecule has 30 heavy (non-hydrogen) atoms. The molecular weight excluding hydrogens is 396 g/mol. The summed E-state index contributed by atoms with van der Waals surface area (Å²) in [6.45, 7) is 2.65. The number of nitrogens with one attached hydrogen (secondary N) is 2. The van der Waals surface area contributed by atoms with E-state index < -0.39 is 0 Å². The molecular formula is C23H22N4O2S. The van der Waals surface area contributed by atoms with Gasteiger partial charge in [-0.15, -0.1) is 11.8 Å². The van der Waals surface area contributed by atoms with Crippen molar-refractivity contribution in [3.8, 4) is 0 Å². The van der Waals surface area contributed by atoms with Gasteiger partial charge < -0.3 is 10.6 Å². The van der Waals surface area contributed by atoms with Crippen molar-refractivity contribution in [1.29, 1.82) is 0 Å². The highest BCUT2D eigenvalue weighted by Crippen LogP contribution is 2.32. The number of hydrogen-bond donors (Lipinski definition) is 2. The molecule has 6 nitrogen and oxygen atoms in total. The normalized spacial score (nSPS) is 12.8. The number of rotatable bonds is 4. The summed E-state index contributed by atoms with van der Waals surface area (Å²) in [7, 11) is 0. The minimum atomic E-state index is -0.238. The Kier molecular flexibility index (Phi) is 5.99. The van der Waals surface area contributed by atoms with E-state index in [-0.39, 0.29) is 11.9 Å². The molecule has 0 bridgehead atoms. The smallest absolute Gasteiger partial charge is 0.322 e. The number of aryl methyl sites for hydroxylation is 1. The standard InChI is InChI=1S/C23H22N4O2S/c1-2-16-7-3-4-10-19(16)26-21(28)17-8-5-9-18(15-17)25-23(29)27-13-14-30-22-20(27)11-6-12-24-22/h3-12,15H,2,13-14H2,1H3,(H,25,29)(H,26,28). The molecule has 2 heterocycles. The van der Waals surface area contributed by atoms with Gasteiger partial charge in [0.2, 0.25) is 0 Å². The van der Waals surface area contributed by atoms with E-state index in [9.17, 15) is 9.59 Å². The lowest BCUT2D eigenvalue weighted by molar-refractivity contribution is 0.102. The second-order valence-electron chi connectivity index (χ2n) is 6.80. The highest BCUT2D eigenvalue weighted by atomic mass is 32.2. The fraction of sp³-hybridized carbons (Fsp3) is 0.174. The number of fused-ring (bicyclic) bond motifs is 1. The topological polar surface area (TPSA) is 74.3 Å². The minimum Gasteiger partial charge on any atom is -0.322 e. The van der Waals surface area contributed by atoms with Crippen LogP contribution in [0.2, 0.25) is 0 Å². The van der Waals surface area contributed by atoms with E-state index in [0.717, 1.165) is 34.1 Å². The summed E-state index contributed by atoms with van der Waals surface area (Å²) in [5, 5.41) is 6.71. The molecule has 2 aromatic carbocycles. The maximum absolute atomic E-state index is 12.9. The number of para-hydroxylation sites is 1. The van der Waals surface area contributed by atoms with Gasteiger partial charge in [0, 0.05) is 35.4 Å². The molecule has 2 N–H and O–H groups in total. The van der Waals surface area contributed by atoms with Gasteiger partial charge in [-0.25, -0.2) is 9.78 Å². The highest BCUT2D eigenvalue weighted by molar-refractivity contribution is 7.99. The number of carbonyl (C=O) groups excluding carboxylic acids is 2. The first-order valence-electron chi connectivity index (χ1n) is 9.81. The number of amides is 3. The van der Waals surface area contributed by atoms with Gasteiger partial charge in [-0.1, -0.05) is 31.2 Å². The lowest BCUT2D eigenvalue weighted by atomic mass is 10.1. The Morgan fingerprint density at radius 3 is 2.80 bits per heavy atom. The van der Waals surface area contributed by atoms with Crippen LogP contribution in [0.4, 0.5) is 21.9 Å². The number of thioether (sulfide) groups is 1. The molecule has 0 atom stereocenters. The molecule has 4 rings (SSSR count). The Morgan fingerprint density at radius 2 is 1.93 bits per heavy atom. The zero-order valence-corrected chi connectivity index (χ0v) is 17.4. The van der Waals surface area contributed by atoms with Crippen LogP contribution in [0.5, 0.6) is 0 Å². The molecule has 1 aromatic heterocycles. The molecule has 0 radical (unpaired) electrons. The molecule has 0 aliphatic carbocycles. The van der Waals surface area contributed by atoms with Crippen molar-refractivity contribution in [1.82, 2.24) is 4.98 Å². The third-order valence-electron chi connectivity index (χ3n) is 4.86. The second-order valence-corrected chi connectivity index (χ2v) is 7.89. The van der Waals surface area contributed by atoms with Crippen LogP contribution in [0.25, 0.3) is 0 Å². The Balaban J connectivity index is 1.49. The van der Waals surface area contributed by atoms with Gasteiger partial charge in [-0.3, -0.25) is 9.69 Å². The third kappa shape index (κ3) is 4.31. The Morgan fingerprint density at radius 1 is 1.07 bits per heavy atom. The lowest BCUT2D eigenvalue weighted by Gasteiger charge is -2.28. The molecule has 0 saturated carbocycles. The number of hydrogen-bond acceptors (Lipinski definition) is 4. The molecule has 0 saturated heterocycles. The van der Waals surface area contributed by atoms with Gasteiger partial charge in [0.1, 0.15) is 5.03 Å². The summed E-state index contributed by atoms with van der Waals surface area (Å²) in [6.07, 6.45) is 2.56. The Labute approximate surface area is 179 Å². The second kappa shape index (κ2) is 9.00. The van der Waals surface area contributed by atoms with Crippen LogP contribution in [0, 0.1) is 0 Å². The van der Waals surface area contributed by atoms with Gasteiger partial charge in [0.15, 0.2) is 0 Å². The molecule has 0 spiro atoms.